The zero-order valence-corrected chi connectivity index (χ0v) is 16.6. The van der Waals surface area contributed by atoms with E-state index in [0.29, 0.717) is 37.4 Å². The Balaban J connectivity index is 2.10. The fourth-order valence-electron chi connectivity index (χ4n) is 2.77. The van der Waals surface area contributed by atoms with Crippen LogP contribution in [0.15, 0.2) is 48.5 Å². The molecule has 150 valence electrons. The van der Waals surface area contributed by atoms with Gasteiger partial charge >= 0.3 is 5.97 Å². The van der Waals surface area contributed by atoms with Crippen molar-refractivity contribution in [3.05, 3.63) is 59.7 Å². The van der Waals surface area contributed by atoms with Crippen molar-refractivity contribution in [2.75, 3.05) is 33.9 Å². The average Bonchev–Trinajstić information content (AvgIpc) is 2.74. The number of esters is 1. The van der Waals surface area contributed by atoms with Gasteiger partial charge in [0.05, 0.1) is 27.2 Å². The Morgan fingerprint density at radius 3 is 2.29 bits per heavy atom. The molecule has 2 aromatic carbocycles. The van der Waals surface area contributed by atoms with Gasteiger partial charge in [-0.1, -0.05) is 18.2 Å². The van der Waals surface area contributed by atoms with E-state index in [2.05, 4.69) is 0 Å². The van der Waals surface area contributed by atoms with Gasteiger partial charge in [-0.2, -0.15) is 0 Å². The summed E-state index contributed by atoms with van der Waals surface area (Å²) in [5.74, 6) is 0.953. The first-order valence-electron chi connectivity index (χ1n) is 9.29. The number of ether oxygens (including phenoxy) is 3. The summed E-state index contributed by atoms with van der Waals surface area (Å²) in [5, 5.41) is 0. The minimum atomic E-state index is -0.310. The lowest BCUT2D eigenvalue weighted by Crippen LogP contribution is -2.35. The minimum absolute atomic E-state index is 0.142. The number of methoxy groups -OCH3 is 2. The highest BCUT2D eigenvalue weighted by atomic mass is 16.5. The molecule has 0 atom stereocenters. The summed E-state index contributed by atoms with van der Waals surface area (Å²) >= 11 is 0. The number of carbonyl (C=O) groups is 2. The van der Waals surface area contributed by atoms with Crippen LogP contribution in [0.25, 0.3) is 0 Å². The molecule has 2 rings (SSSR count). The second kappa shape index (κ2) is 11.0. The third-order valence-electron chi connectivity index (χ3n) is 4.32. The first kappa shape index (κ1) is 21.3. The smallest absolute Gasteiger partial charge is 0.307 e. The molecule has 6 nitrogen and oxygen atoms in total. The van der Waals surface area contributed by atoms with Crippen molar-refractivity contribution >= 4 is 11.9 Å². The Labute approximate surface area is 166 Å². The van der Waals surface area contributed by atoms with Crippen LogP contribution in [0, 0.1) is 0 Å². The molecule has 0 unspecified atom stereocenters. The van der Waals surface area contributed by atoms with E-state index in [1.165, 1.54) is 0 Å². The highest BCUT2D eigenvalue weighted by molar-refractivity contribution is 5.94. The summed E-state index contributed by atoms with van der Waals surface area (Å²) in [5.41, 5.74) is 1.61. The van der Waals surface area contributed by atoms with Crippen LogP contribution in [0.4, 0.5) is 0 Å². The van der Waals surface area contributed by atoms with E-state index in [4.69, 9.17) is 14.2 Å². The lowest BCUT2D eigenvalue weighted by atomic mass is 10.1. The molecular formula is C22H27NO5. The van der Waals surface area contributed by atoms with Crippen molar-refractivity contribution in [1.29, 1.82) is 0 Å². The largest absolute Gasteiger partial charge is 0.497 e. The third kappa shape index (κ3) is 6.30. The number of carbonyl (C=O) groups excluding carboxylic acids is 2. The number of rotatable bonds is 10. The zero-order chi connectivity index (χ0) is 20.4. The van der Waals surface area contributed by atoms with Crippen molar-refractivity contribution in [1.82, 2.24) is 4.90 Å². The lowest BCUT2D eigenvalue weighted by molar-refractivity contribution is -0.143. The van der Waals surface area contributed by atoms with Crippen molar-refractivity contribution in [3.63, 3.8) is 0 Å². The molecule has 6 heteroatoms. The predicted molar refractivity (Wildman–Crippen MR) is 107 cm³/mol. The van der Waals surface area contributed by atoms with Gasteiger partial charge in [0.25, 0.3) is 5.91 Å². The summed E-state index contributed by atoms with van der Waals surface area (Å²) in [7, 11) is 3.19. The molecule has 0 spiro atoms. The molecular weight excluding hydrogens is 358 g/mol. The van der Waals surface area contributed by atoms with Crippen LogP contribution >= 0.6 is 0 Å². The molecule has 0 aliphatic rings. The van der Waals surface area contributed by atoms with E-state index in [0.717, 1.165) is 11.3 Å². The van der Waals surface area contributed by atoms with Crippen LogP contribution in [-0.4, -0.2) is 50.7 Å². The van der Waals surface area contributed by atoms with Gasteiger partial charge in [-0.25, -0.2) is 0 Å². The molecule has 0 aliphatic heterocycles. The molecule has 0 fully saturated rings. The second-order valence-electron chi connectivity index (χ2n) is 6.18. The average molecular weight is 385 g/mol. The van der Waals surface area contributed by atoms with Crippen molar-refractivity contribution in [2.24, 2.45) is 0 Å². The van der Waals surface area contributed by atoms with Crippen LogP contribution in [0.1, 0.15) is 29.3 Å². The van der Waals surface area contributed by atoms with Crippen LogP contribution in [0.5, 0.6) is 11.5 Å². The highest BCUT2D eigenvalue weighted by Gasteiger charge is 2.18. The fourth-order valence-corrected chi connectivity index (χ4v) is 2.77. The molecule has 0 N–H and O–H groups in total. The molecule has 0 saturated carbocycles. The fraction of sp³-hybridized carbons (Fsp3) is 0.364. The molecule has 0 saturated heterocycles. The molecule has 0 aliphatic carbocycles. The standard InChI is InChI=1S/C22H27NO5/c1-4-28-21(24)13-15-23(14-12-17-8-10-19(26-2)11-9-17)22(25)18-6-5-7-20(16-18)27-3/h5-11,16H,4,12-15H2,1-3H3. The van der Waals surface area contributed by atoms with E-state index in [-0.39, 0.29) is 18.3 Å². The molecule has 1 amide bonds. The van der Waals surface area contributed by atoms with Gasteiger partial charge in [-0.15, -0.1) is 0 Å². The molecule has 0 aromatic heterocycles. The zero-order valence-electron chi connectivity index (χ0n) is 16.6. The third-order valence-corrected chi connectivity index (χ3v) is 4.32. The van der Waals surface area contributed by atoms with Crippen molar-refractivity contribution < 1.29 is 23.8 Å². The normalized spacial score (nSPS) is 10.2. The Hall–Kier alpha value is -3.02. The maximum atomic E-state index is 13.0. The number of benzene rings is 2. The molecule has 0 radical (unpaired) electrons. The Morgan fingerprint density at radius 2 is 1.64 bits per heavy atom. The summed E-state index contributed by atoms with van der Waals surface area (Å²) in [4.78, 5) is 26.4. The van der Waals surface area contributed by atoms with Crippen molar-refractivity contribution in [2.45, 2.75) is 19.8 Å². The SMILES string of the molecule is CCOC(=O)CCN(CCc1ccc(OC)cc1)C(=O)c1cccc(OC)c1. The number of amides is 1. The maximum Gasteiger partial charge on any atom is 0.307 e. The van der Waals surface area contributed by atoms with E-state index in [9.17, 15) is 9.59 Å². The first-order chi connectivity index (χ1) is 13.6. The maximum absolute atomic E-state index is 13.0. The number of hydrogen-bond donors (Lipinski definition) is 0. The quantitative estimate of drug-likeness (QED) is 0.587. The summed E-state index contributed by atoms with van der Waals surface area (Å²) in [6.07, 6.45) is 0.828. The molecule has 0 heterocycles. The van der Waals surface area contributed by atoms with Gasteiger partial charge in [0, 0.05) is 18.7 Å². The Morgan fingerprint density at radius 1 is 0.929 bits per heavy atom. The Kier molecular flexibility index (Phi) is 8.34. The van der Waals surface area contributed by atoms with Gasteiger partial charge in [0.1, 0.15) is 11.5 Å². The van der Waals surface area contributed by atoms with Crippen LogP contribution in [0.2, 0.25) is 0 Å². The van der Waals surface area contributed by atoms with Crippen LogP contribution in [-0.2, 0) is 16.0 Å². The topological polar surface area (TPSA) is 65.1 Å². The first-order valence-corrected chi connectivity index (χ1v) is 9.29. The van der Waals surface area contributed by atoms with Gasteiger partial charge in [-0.3, -0.25) is 9.59 Å². The predicted octanol–water partition coefficient (Wildman–Crippen LogP) is 3.34. The summed E-state index contributed by atoms with van der Waals surface area (Å²) in [6.45, 7) is 2.88. The van der Waals surface area contributed by atoms with Crippen LogP contribution in [0.3, 0.4) is 0 Å². The van der Waals surface area contributed by atoms with Gasteiger partial charge in [0.15, 0.2) is 0 Å². The number of hydrogen-bond acceptors (Lipinski definition) is 5. The molecule has 0 bridgehead atoms. The summed E-state index contributed by atoms with van der Waals surface area (Å²) < 4.78 is 15.4. The molecule has 2 aromatic rings. The summed E-state index contributed by atoms with van der Waals surface area (Å²) in [6, 6.07) is 14.7. The highest BCUT2D eigenvalue weighted by Crippen LogP contribution is 2.16. The Bertz CT molecular complexity index is 773. The minimum Gasteiger partial charge on any atom is -0.497 e. The molecule has 28 heavy (non-hydrogen) atoms. The van der Waals surface area contributed by atoms with Crippen molar-refractivity contribution in [3.8, 4) is 11.5 Å². The van der Waals surface area contributed by atoms with E-state index >= 15 is 0 Å². The van der Waals surface area contributed by atoms with E-state index in [1.54, 1.807) is 50.3 Å². The van der Waals surface area contributed by atoms with Gasteiger partial charge in [-0.05, 0) is 49.2 Å². The van der Waals surface area contributed by atoms with E-state index < -0.39 is 0 Å². The second-order valence-corrected chi connectivity index (χ2v) is 6.18. The lowest BCUT2D eigenvalue weighted by Gasteiger charge is -2.23. The monoisotopic (exact) mass is 385 g/mol. The van der Waals surface area contributed by atoms with Crippen LogP contribution < -0.4 is 9.47 Å². The number of nitrogens with zero attached hydrogens (tertiary/aromatic N) is 1. The van der Waals surface area contributed by atoms with Gasteiger partial charge in [0.2, 0.25) is 0 Å². The van der Waals surface area contributed by atoms with E-state index in [1.807, 2.05) is 24.3 Å². The van der Waals surface area contributed by atoms with Gasteiger partial charge < -0.3 is 19.1 Å².